The molecule has 184 valence electrons. The van der Waals surface area contributed by atoms with Gasteiger partial charge in [0.15, 0.2) is 0 Å². The number of aryl methyl sites for hydroxylation is 1. The highest BCUT2D eigenvalue weighted by Crippen LogP contribution is 2.29. The molecule has 0 aliphatic carbocycles. The fourth-order valence-electron chi connectivity index (χ4n) is 3.76. The Morgan fingerprint density at radius 2 is 1.65 bits per heavy atom. The smallest absolute Gasteiger partial charge is 0.409 e. The van der Waals surface area contributed by atoms with Crippen LogP contribution in [-0.2, 0) is 9.53 Å². The number of methoxy groups -OCH3 is 2. The van der Waals surface area contributed by atoms with Crippen LogP contribution in [0.3, 0.4) is 0 Å². The molecule has 0 spiro atoms. The van der Waals surface area contributed by atoms with Crippen molar-refractivity contribution in [2.45, 2.75) is 26.8 Å². The molecular weight excluding hydrogens is 442 g/mol. The first-order chi connectivity index (χ1) is 16.3. The van der Waals surface area contributed by atoms with Crippen LogP contribution in [0.2, 0.25) is 0 Å². The summed E-state index contributed by atoms with van der Waals surface area (Å²) >= 11 is 0. The van der Waals surface area contributed by atoms with Crippen molar-refractivity contribution >= 4 is 23.6 Å². The van der Waals surface area contributed by atoms with Crippen LogP contribution in [0.25, 0.3) is 0 Å². The molecule has 0 radical (unpaired) electrons. The number of piperazine rings is 1. The average molecular weight is 474 g/mol. The van der Waals surface area contributed by atoms with Crippen molar-refractivity contribution < 1.29 is 28.6 Å². The first kappa shape index (κ1) is 24.9. The molecule has 1 N–H and O–H groups in total. The predicted molar refractivity (Wildman–Crippen MR) is 124 cm³/mol. The van der Waals surface area contributed by atoms with Crippen LogP contribution in [0.4, 0.5) is 10.5 Å². The van der Waals surface area contributed by atoms with Gasteiger partial charge in [-0.25, -0.2) is 4.79 Å². The number of nitrogens with one attached hydrogen (secondary N) is 1. The Bertz CT molecular complexity index is 1020. The molecule has 1 aromatic heterocycles. The van der Waals surface area contributed by atoms with Gasteiger partial charge in [-0.2, -0.15) is 5.10 Å². The zero-order chi connectivity index (χ0) is 24.8. The third-order valence-electron chi connectivity index (χ3n) is 5.69. The van der Waals surface area contributed by atoms with E-state index in [1.807, 2.05) is 0 Å². The van der Waals surface area contributed by atoms with Crippen molar-refractivity contribution in [2.75, 3.05) is 52.3 Å². The summed E-state index contributed by atoms with van der Waals surface area (Å²) < 4.78 is 17.2. The minimum absolute atomic E-state index is 0.115. The van der Waals surface area contributed by atoms with Gasteiger partial charge in [0.25, 0.3) is 5.91 Å². The SMILES string of the molecule is CCOC(=O)N1CCN(C(=O)C(C)n2cc(NC(=O)c3c(OC)cccc3OC)c(C)n2)CC1. The third kappa shape index (κ3) is 5.24. The monoisotopic (exact) mass is 473 g/mol. The van der Waals surface area contributed by atoms with Gasteiger partial charge in [-0.3, -0.25) is 14.3 Å². The van der Waals surface area contributed by atoms with E-state index in [0.29, 0.717) is 55.7 Å². The van der Waals surface area contributed by atoms with Crippen LogP contribution >= 0.6 is 0 Å². The molecule has 2 heterocycles. The Kier molecular flexibility index (Phi) is 7.98. The second-order valence-corrected chi connectivity index (χ2v) is 7.79. The van der Waals surface area contributed by atoms with E-state index in [1.54, 1.807) is 55.0 Å². The summed E-state index contributed by atoms with van der Waals surface area (Å²) in [5.74, 6) is 0.237. The van der Waals surface area contributed by atoms with Gasteiger partial charge in [0.05, 0.1) is 32.2 Å². The molecule has 11 nitrogen and oxygen atoms in total. The summed E-state index contributed by atoms with van der Waals surface area (Å²) in [6.07, 6.45) is 1.27. The summed E-state index contributed by atoms with van der Waals surface area (Å²) in [6.45, 7) is 7.24. The van der Waals surface area contributed by atoms with Gasteiger partial charge in [0.2, 0.25) is 5.91 Å². The number of anilines is 1. The van der Waals surface area contributed by atoms with E-state index in [9.17, 15) is 14.4 Å². The molecule has 1 aliphatic rings. The highest BCUT2D eigenvalue weighted by Gasteiger charge is 2.29. The summed E-state index contributed by atoms with van der Waals surface area (Å²) in [5, 5.41) is 7.27. The van der Waals surface area contributed by atoms with Crippen molar-refractivity contribution in [1.29, 1.82) is 0 Å². The molecule has 11 heteroatoms. The van der Waals surface area contributed by atoms with Gasteiger partial charge in [-0.05, 0) is 32.9 Å². The maximum atomic E-state index is 13.0. The molecule has 2 aromatic rings. The van der Waals surface area contributed by atoms with Crippen LogP contribution in [0.1, 0.15) is 35.9 Å². The lowest BCUT2D eigenvalue weighted by Crippen LogP contribution is -2.52. The third-order valence-corrected chi connectivity index (χ3v) is 5.69. The number of hydrogen-bond donors (Lipinski definition) is 1. The van der Waals surface area contributed by atoms with Crippen LogP contribution in [0, 0.1) is 6.92 Å². The predicted octanol–water partition coefficient (Wildman–Crippen LogP) is 2.32. The number of aromatic nitrogens is 2. The Hall–Kier alpha value is -3.76. The molecule has 1 atom stereocenters. The number of rotatable bonds is 7. The maximum absolute atomic E-state index is 13.0. The number of carbonyl (C=O) groups is 3. The second kappa shape index (κ2) is 10.9. The van der Waals surface area contributed by atoms with E-state index >= 15 is 0 Å². The Labute approximate surface area is 198 Å². The van der Waals surface area contributed by atoms with Crippen molar-refractivity contribution in [1.82, 2.24) is 19.6 Å². The zero-order valence-electron chi connectivity index (χ0n) is 20.2. The summed E-state index contributed by atoms with van der Waals surface area (Å²) in [6, 6.07) is 4.50. The number of carbonyl (C=O) groups excluding carboxylic acids is 3. The van der Waals surface area contributed by atoms with E-state index in [1.165, 1.54) is 18.9 Å². The van der Waals surface area contributed by atoms with Gasteiger partial charge in [0, 0.05) is 32.4 Å². The van der Waals surface area contributed by atoms with Gasteiger partial charge in [-0.15, -0.1) is 0 Å². The highest BCUT2D eigenvalue weighted by molar-refractivity contribution is 6.08. The molecule has 0 saturated carbocycles. The zero-order valence-corrected chi connectivity index (χ0v) is 20.2. The van der Waals surface area contributed by atoms with Crippen LogP contribution in [0.5, 0.6) is 11.5 Å². The van der Waals surface area contributed by atoms with Crippen molar-refractivity contribution in [3.8, 4) is 11.5 Å². The molecule has 1 unspecified atom stereocenters. The minimum Gasteiger partial charge on any atom is -0.496 e. The molecule has 0 bridgehead atoms. The Balaban J connectivity index is 1.69. The molecule has 1 saturated heterocycles. The number of hydrogen-bond acceptors (Lipinski definition) is 7. The Morgan fingerprint density at radius 3 is 2.21 bits per heavy atom. The molecular formula is C23H31N5O6. The first-order valence-corrected chi connectivity index (χ1v) is 11.1. The van der Waals surface area contributed by atoms with Crippen LogP contribution < -0.4 is 14.8 Å². The standard InChI is InChI=1S/C23H31N5O6/c1-6-34-23(31)27-12-10-26(11-13-27)22(30)16(3)28-14-17(15(2)25-28)24-21(29)20-18(32-4)8-7-9-19(20)33-5/h7-9,14,16H,6,10-13H2,1-5H3,(H,24,29). The average Bonchev–Trinajstić information content (AvgIpc) is 3.22. The van der Waals surface area contributed by atoms with Crippen LogP contribution in [-0.4, -0.2) is 84.5 Å². The van der Waals surface area contributed by atoms with Gasteiger partial charge in [-0.1, -0.05) is 6.07 Å². The van der Waals surface area contributed by atoms with Gasteiger partial charge < -0.3 is 29.3 Å². The quantitative estimate of drug-likeness (QED) is 0.656. The van der Waals surface area contributed by atoms with Gasteiger partial charge >= 0.3 is 6.09 Å². The van der Waals surface area contributed by atoms with Gasteiger partial charge in [0.1, 0.15) is 23.1 Å². The topological polar surface area (TPSA) is 115 Å². The number of nitrogens with zero attached hydrogens (tertiary/aromatic N) is 4. The number of benzene rings is 1. The van der Waals surface area contributed by atoms with E-state index < -0.39 is 11.9 Å². The van der Waals surface area contributed by atoms with Crippen molar-refractivity contribution in [2.24, 2.45) is 0 Å². The molecule has 1 fully saturated rings. The van der Waals surface area contributed by atoms with E-state index in [2.05, 4.69) is 10.4 Å². The minimum atomic E-state index is -0.584. The molecule has 3 rings (SSSR count). The summed E-state index contributed by atoms with van der Waals surface area (Å²) in [5.41, 5.74) is 1.31. The maximum Gasteiger partial charge on any atom is 0.409 e. The molecule has 1 aliphatic heterocycles. The lowest BCUT2D eigenvalue weighted by atomic mass is 10.1. The fraction of sp³-hybridized carbons (Fsp3) is 0.478. The lowest BCUT2D eigenvalue weighted by Gasteiger charge is -2.35. The Morgan fingerprint density at radius 1 is 1.06 bits per heavy atom. The van der Waals surface area contributed by atoms with Crippen LogP contribution in [0.15, 0.2) is 24.4 Å². The number of ether oxygens (including phenoxy) is 3. The summed E-state index contributed by atoms with van der Waals surface area (Å²) in [4.78, 5) is 41.2. The van der Waals surface area contributed by atoms with E-state index in [0.717, 1.165) is 0 Å². The summed E-state index contributed by atoms with van der Waals surface area (Å²) in [7, 11) is 2.96. The fourth-order valence-corrected chi connectivity index (χ4v) is 3.76. The van der Waals surface area contributed by atoms with E-state index in [-0.39, 0.29) is 17.6 Å². The molecule has 1 aromatic carbocycles. The first-order valence-electron chi connectivity index (χ1n) is 11.1. The van der Waals surface area contributed by atoms with Crippen molar-refractivity contribution in [3.63, 3.8) is 0 Å². The van der Waals surface area contributed by atoms with Crippen molar-refractivity contribution in [3.05, 3.63) is 35.7 Å². The normalized spacial score (nSPS) is 14.4. The van der Waals surface area contributed by atoms with E-state index in [4.69, 9.17) is 14.2 Å². The lowest BCUT2D eigenvalue weighted by molar-refractivity contribution is -0.136. The number of amides is 3. The largest absolute Gasteiger partial charge is 0.496 e. The highest BCUT2D eigenvalue weighted by atomic mass is 16.6. The molecule has 3 amide bonds. The second-order valence-electron chi connectivity index (χ2n) is 7.79. The molecule has 34 heavy (non-hydrogen) atoms.